The summed E-state index contributed by atoms with van der Waals surface area (Å²) in [6.45, 7) is 14.2. The Morgan fingerprint density at radius 2 is 1.72 bits per heavy atom. The summed E-state index contributed by atoms with van der Waals surface area (Å²) < 4.78 is 18.1. The predicted octanol–water partition coefficient (Wildman–Crippen LogP) is 3.46. The maximum atomic E-state index is 14.6. The lowest BCUT2D eigenvalue weighted by Gasteiger charge is -2.48. The fraction of sp³-hybridized carbons (Fsp3) is 0.750. The molecule has 1 aromatic carbocycles. The summed E-state index contributed by atoms with van der Waals surface area (Å²) in [5, 5.41) is 13.0. The van der Waals surface area contributed by atoms with E-state index < -0.39 is 54.3 Å². The summed E-state index contributed by atoms with van der Waals surface area (Å²) in [5.41, 5.74) is 6.85. The highest BCUT2D eigenvalue weighted by Gasteiger charge is 2.48. The number of morpholine rings is 1. The molecule has 1 aromatic rings. The normalized spacial score (nSPS) is 24.5. The van der Waals surface area contributed by atoms with E-state index in [2.05, 4.69) is 12.2 Å². The third-order valence-electron chi connectivity index (χ3n) is 11.5. The first kappa shape index (κ1) is 44.1. The van der Waals surface area contributed by atoms with E-state index >= 15 is 0 Å². The van der Waals surface area contributed by atoms with Gasteiger partial charge in [0.15, 0.2) is 0 Å². The van der Waals surface area contributed by atoms with Crippen molar-refractivity contribution in [2.75, 3.05) is 41.0 Å². The summed E-state index contributed by atoms with van der Waals surface area (Å²) in [5.74, 6) is -1.91. The molecule has 300 valence electrons. The lowest BCUT2D eigenvalue weighted by molar-refractivity contribution is -0.157. The van der Waals surface area contributed by atoms with Crippen LogP contribution in [-0.2, 0) is 35.0 Å². The first-order valence-electron chi connectivity index (χ1n) is 19.4. The lowest BCUT2D eigenvalue weighted by atomic mass is 9.81. The summed E-state index contributed by atoms with van der Waals surface area (Å²) in [6.07, 6.45) is 0.855. The van der Waals surface area contributed by atoms with Crippen molar-refractivity contribution >= 4 is 23.8 Å². The van der Waals surface area contributed by atoms with Crippen molar-refractivity contribution in [2.24, 2.45) is 29.4 Å². The predicted molar refractivity (Wildman–Crippen MR) is 204 cm³/mol. The summed E-state index contributed by atoms with van der Waals surface area (Å²) in [4.78, 5) is 60.1. The molecule has 0 aliphatic carbocycles. The van der Waals surface area contributed by atoms with Gasteiger partial charge in [-0.1, -0.05) is 71.4 Å². The third-order valence-corrected chi connectivity index (χ3v) is 11.5. The first-order chi connectivity index (χ1) is 25.1. The molecule has 13 heteroatoms. The minimum atomic E-state index is -0.627. The number of nitrogens with zero attached hydrogens (tertiary/aromatic N) is 3. The van der Waals surface area contributed by atoms with Crippen LogP contribution in [0.3, 0.4) is 0 Å². The highest BCUT2D eigenvalue weighted by Crippen LogP contribution is 2.33. The summed E-state index contributed by atoms with van der Waals surface area (Å²) in [6, 6.07) is 7.29. The number of methoxy groups -OCH3 is 2. The molecule has 3 rings (SSSR count). The van der Waals surface area contributed by atoms with E-state index in [0.29, 0.717) is 25.9 Å². The van der Waals surface area contributed by atoms with Crippen LogP contribution in [0.5, 0.6) is 0 Å². The van der Waals surface area contributed by atoms with Gasteiger partial charge in [0, 0.05) is 34.4 Å². The molecule has 13 nitrogen and oxygen atoms in total. The molecule has 0 saturated carbocycles. The van der Waals surface area contributed by atoms with Gasteiger partial charge in [0.2, 0.25) is 17.7 Å². The van der Waals surface area contributed by atoms with Crippen LogP contribution in [-0.4, -0.2) is 133 Å². The number of likely N-dealkylation sites (tertiary alicyclic amines) is 1. The fourth-order valence-electron chi connectivity index (χ4n) is 8.62. The molecule has 0 aromatic heterocycles. The number of carbonyl (C=O) groups excluding carboxylic acids is 4. The maximum absolute atomic E-state index is 14.6. The number of benzene rings is 1. The Kier molecular flexibility index (Phi) is 17.0. The topological polar surface area (TPSA) is 164 Å². The molecule has 0 radical (unpaired) electrons. The van der Waals surface area contributed by atoms with Crippen molar-refractivity contribution < 1.29 is 38.5 Å². The molecule has 53 heavy (non-hydrogen) atoms. The average Bonchev–Trinajstić information content (AvgIpc) is 3.61. The number of rotatable bonds is 18. The molecule has 4 N–H and O–H groups in total. The minimum absolute atomic E-state index is 0.0259. The van der Waals surface area contributed by atoms with Gasteiger partial charge < -0.3 is 45.1 Å². The number of carbonyl (C=O) groups is 4. The first-order valence-corrected chi connectivity index (χ1v) is 19.4. The SMILES string of the molecule is CC[C@H](C)[C@@H]([C@@H](CC(=O)N1CCC[C@H]1[C@H](OC)[C@@H](C)C(=O)N[C@H](CO)Cc1ccccc1)OC)N(C)C(=O)[C@@H](C(C)C)C1C(C)OC(C)CN1C(N)=O. The molecule has 2 aliphatic heterocycles. The van der Waals surface area contributed by atoms with Crippen molar-refractivity contribution in [1.82, 2.24) is 20.0 Å². The second-order valence-electron chi connectivity index (χ2n) is 15.6. The Bertz CT molecular complexity index is 1330. The molecule has 2 saturated heterocycles. The van der Waals surface area contributed by atoms with E-state index in [1.165, 1.54) is 0 Å². The number of nitrogens with two attached hydrogens (primary N) is 1. The zero-order valence-corrected chi connectivity index (χ0v) is 33.7. The Morgan fingerprint density at radius 3 is 2.26 bits per heavy atom. The summed E-state index contributed by atoms with van der Waals surface area (Å²) in [7, 11) is 4.88. The molecule has 3 unspecified atom stereocenters. The quantitative estimate of drug-likeness (QED) is 0.206. The Morgan fingerprint density at radius 1 is 1.06 bits per heavy atom. The van der Waals surface area contributed by atoms with E-state index in [-0.39, 0.29) is 54.7 Å². The van der Waals surface area contributed by atoms with Gasteiger partial charge >= 0.3 is 6.03 Å². The zero-order valence-electron chi connectivity index (χ0n) is 33.7. The van der Waals surface area contributed by atoms with Crippen LogP contribution in [0.2, 0.25) is 0 Å². The van der Waals surface area contributed by atoms with Gasteiger partial charge in [0.05, 0.1) is 73.4 Å². The number of urea groups is 1. The second kappa shape index (κ2) is 20.4. The number of primary amides is 1. The van der Waals surface area contributed by atoms with Crippen LogP contribution in [0.15, 0.2) is 30.3 Å². The maximum Gasteiger partial charge on any atom is 0.315 e. The van der Waals surface area contributed by atoms with E-state index in [1.807, 2.05) is 65.0 Å². The van der Waals surface area contributed by atoms with Gasteiger partial charge in [-0.15, -0.1) is 0 Å². The highest BCUT2D eigenvalue weighted by atomic mass is 16.5. The van der Waals surface area contributed by atoms with Crippen molar-refractivity contribution in [1.29, 1.82) is 0 Å². The van der Waals surface area contributed by atoms with Gasteiger partial charge in [-0.2, -0.15) is 0 Å². The van der Waals surface area contributed by atoms with Gasteiger partial charge in [-0.3, -0.25) is 14.4 Å². The molecule has 11 atom stereocenters. The standard InChI is InChI=1S/C40H67N5O8/c1-11-25(4)35(43(8)39(49)34(24(2)3)36-28(7)53-26(5)22-45(36)40(41)50)32(51-9)21-33(47)44-19-15-18-31(44)37(52-10)27(6)38(48)42-30(23-46)20-29-16-13-12-14-17-29/h12-14,16-17,24-28,30-32,34-37,46H,11,15,18-23H2,1-10H3,(H2,41,50)(H,42,48)/t25-,26?,27+,28?,30-,31-,32+,34-,35-,36?,37+/m0/s1. The third kappa shape index (κ3) is 10.9. The van der Waals surface area contributed by atoms with Crippen LogP contribution < -0.4 is 11.1 Å². The second-order valence-corrected chi connectivity index (χ2v) is 15.6. The van der Waals surface area contributed by atoms with E-state index in [9.17, 15) is 24.3 Å². The average molecular weight is 746 g/mol. The molecule has 2 aliphatic rings. The van der Waals surface area contributed by atoms with Gasteiger partial charge in [-0.05, 0) is 50.5 Å². The van der Waals surface area contributed by atoms with Crippen LogP contribution >= 0.6 is 0 Å². The van der Waals surface area contributed by atoms with Crippen molar-refractivity contribution in [3.63, 3.8) is 0 Å². The Balaban J connectivity index is 1.80. The van der Waals surface area contributed by atoms with E-state index in [1.54, 1.807) is 42.9 Å². The number of hydrogen-bond acceptors (Lipinski definition) is 8. The molecular weight excluding hydrogens is 678 g/mol. The summed E-state index contributed by atoms with van der Waals surface area (Å²) >= 11 is 0. The van der Waals surface area contributed by atoms with Crippen LogP contribution in [0.25, 0.3) is 0 Å². The van der Waals surface area contributed by atoms with Crippen molar-refractivity contribution in [3.8, 4) is 0 Å². The lowest BCUT2D eigenvalue weighted by Crippen LogP contribution is -2.64. The minimum Gasteiger partial charge on any atom is -0.394 e. The molecule has 0 bridgehead atoms. The van der Waals surface area contributed by atoms with Crippen LogP contribution in [0, 0.1) is 23.7 Å². The van der Waals surface area contributed by atoms with Gasteiger partial charge in [0.1, 0.15) is 0 Å². The number of likely N-dealkylation sites (N-methyl/N-ethyl adjacent to an activating group) is 1. The highest BCUT2D eigenvalue weighted by molar-refractivity contribution is 5.83. The molecule has 0 spiro atoms. The van der Waals surface area contributed by atoms with E-state index in [0.717, 1.165) is 18.4 Å². The van der Waals surface area contributed by atoms with E-state index in [4.69, 9.17) is 19.9 Å². The van der Waals surface area contributed by atoms with Gasteiger partial charge in [-0.25, -0.2) is 4.79 Å². The molecule has 2 fully saturated rings. The van der Waals surface area contributed by atoms with Crippen molar-refractivity contribution in [2.45, 2.75) is 129 Å². The van der Waals surface area contributed by atoms with Crippen LogP contribution in [0.1, 0.15) is 79.7 Å². The number of nitrogens with one attached hydrogen (secondary N) is 1. The zero-order chi connectivity index (χ0) is 39.6. The number of hydrogen-bond donors (Lipinski definition) is 3. The molecule has 5 amide bonds. The number of amides is 5. The Hall–Kier alpha value is -3.26. The fourth-order valence-corrected chi connectivity index (χ4v) is 8.62. The number of ether oxygens (including phenoxy) is 3. The van der Waals surface area contributed by atoms with Gasteiger partial charge in [0.25, 0.3) is 0 Å². The smallest absolute Gasteiger partial charge is 0.315 e. The largest absolute Gasteiger partial charge is 0.394 e. The monoisotopic (exact) mass is 745 g/mol. The molecule has 2 heterocycles. The molecular formula is C40H67N5O8. The van der Waals surface area contributed by atoms with Crippen molar-refractivity contribution in [3.05, 3.63) is 35.9 Å². The Labute approximate surface area is 317 Å². The number of aliphatic hydroxyl groups is 1. The van der Waals surface area contributed by atoms with Crippen LogP contribution in [0.4, 0.5) is 4.79 Å². The number of aliphatic hydroxyl groups excluding tert-OH is 1.